The van der Waals surface area contributed by atoms with E-state index in [2.05, 4.69) is 11.9 Å². The molecular weight excluding hydrogens is 253 g/mol. The summed E-state index contributed by atoms with van der Waals surface area (Å²) in [6, 6.07) is 0. The van der Waals surface area contributed by atoms with Crippen LogP contribution in [-0.4, -0.2) is 24.9 Å². The van der Waals surface area contributed by atoms with Crippen molar-refractivity contribution in [3.05, 3.63) is 11.6 Å². The molecule has 0 aliphatic carbocycles. The summed E-state index contributed by atoms with van der Waals surface area (Å²) in [6.07, 6.45) is 0. The highest BCUT2D eigenvalue weighted by atomic mass is 35.5. The van der Waals surface area contributed by atoms with E-state index in [1.54, 1.807) is 13.8 Å². The molecule has 16 heavy (non-hydrogen) atoms. The van der Waals surface area contributed by atoms with Gasteiger partial charge in [-0.05, 0) is 13.8 Å². The fourth-order valence-corrected chi connectivity index (χ4v) is 3.26. The van der Waals surface area contributed by atoms with Gasteiger partial charge in [0.25, 0.3) is 0 Å². The summed E-state index contributed by atoms with van der Waals surface area (Å²) in [4.78, 5) is 11.0. The van der Waals surface area contributed by atoms with Crippen LogP contribution >= 0.6 is 19.2 Å². The minimum absolute atomic E-state index is 0.0143. The largest absolute Gasteiger partial charge is 0.358 e. The van der Waals surface area contributed by atoms with Crippen LogP contribution in [0.2, 0.25) is 0 Å². The van der Waals surface area contributed by atoms with Crippen molar-refractivity contribution in [2.75, 3.05) is 13.2 Å². The number of carbonyl (C=O) groups excluding carboxylic acids is 1. The number of hydrogen-bond acceptors (Lipinski definition) is 4. The first kappa shape index (κ1) is 15.7. The van der Waals surface area contributed by atoms with Crippen LogP contribution < -0.4 is 5.32 Å². The zero-order chi connectivity index (χ0) is 12.8. The van der Waals surface area contributed by atoms with E-state index in [9.17, 15) is 9.36 Å². The molecule has 0 aromatic heterocycles. The molecule has 0 bridgehead atoms. The number of hydrogen-bond donors (Lipinski definition) is 1. The second kappa shape index (κ2) is 7.07. The molecule has 0 aromatic rings. The van der Waals surface area contributed by atoms with E-state index in [-0.39, 0.29) is 24.2 Å². The molecule has 0 aromatic carbocycles. The minimum Gasteiger partial charge on any atom is -0.338 e. The molecule has 0 heterocycles. The van der Waals surface area contributed by atoms with Crippen LogP contribution in [0, 0.1) is 0 Å². The molecule has 0 aliphatic rings. The van der Waals surface area contributed by atoms with Crippen molar-refractivity contribution in [3.63, 3.8) is 0 Å². The van der Waals surface area contributed by atoms with Crippen LogP contribution in [0.5, 0.6) is 0 Å². The van der Waals surface area contributed by atoms with E-state index in [0.29, 0.717) is 0 Å². The van der Waals surface area contributed by atoms with Crippen molar-refractivity contribution in [2.45, 2.75) is 26.6 Å². The van der Waals surface area contributed by atoms with Gasteiger partial charge in [0.1, 0.15) is 0 Å². The van der Waals surface area contributed by atoms with Gasteiger partial charge in [0.15, 0.2) is 5.78 Å². The van der Waals surface area contributed by atoms with Crippen LogP contribution in [0.15, 0.2) is 11.6 Å². The topological polar surface area (TPSA) is 64.6 Å². The lowest BCUT2D eigenvalue weighted by atomic mass is 10.5. The van der Waals surface area contributed by atoms with E-state index in [0.717, 1.165) is 0 Å². The molecular formula is C9H17ClNO4P. The van der Waals surface area contributed by atoms with Gasteiger partial charge in [-0.1, -0.05) is 18.2 Å². The molecule has 0 radical (unpaired) electrons. The Morgan fingerprint density at radius 1 is 1.44 bits per heavy atom. The van der Waals surface area contributed by atoms with E-state index >= 15 is 0 Å². The zero-order valence-corrected chi connectivity index (χ0v) is 11.3. The Labute approximate surface area is 101 Å². The van der Waals surface area contributed by atoms with E-state index in [4.69, 9.17) is 20.6 Å². The first-order valence-corrected chi connectivity index (χ1v) is 6.86. The lowest BCUT2D eigenvalue weighted by Gasteiger charge is -2.25. The standard InChI is InChI=1S/C9H17ClNO4P/c1-5-14-16(13,15-6-2)9(7(3)10)11-8(4)12/h9H,3,5-6H2,1-2,4H3,(H,11,12). The predicted octanol–water partition coefficient (Wildman–Crippen LogP) is 2.47. The Balaban J connectivity index is 5.01. The van der Waals surface area contributed by atoms with Crippen LogP contribution in [0.25, 0.3) is 0 Å². The van der Waals surface area contributed by atoms with Gasteiger partial charge in [-0.2, -0.15) is 0 Å². The van der Waals surface area contributed by atoms with Gasteiger partial charge in [-0.15, -0.1) is 0 Å². The molecule has 1 N–H and O–H groups in total. The summed E-state index contributed by atoms with van der Waals surface area (Å²) in [5, 5.41) is 2.42. The average Bonchev–Trinajstić information content (AvgIpc) is 2.14. The summed E-state index contributed by atoms with van der Waals surface area (Å²) >= 11 is 5.70. The van der Waals surface area contributed by atoms with Crippen molar-refractivity contribution in [3.8, 4) is 0 Å². The van der Waals surface area contributed by atoms with Crippen LogP contribution in [0.1, 0.15) is 20.8 Å². The summed E-state index contributed by atoms with van der Waals surface area (Å²) in [6.45, 7) is 8.48. The van der Waals surface area contributed by atoms with Crippen LogP contribution in [-0.2, 0) is 18.4 Å². The molecule has 0 spiro atoms. The summed E-state index contributed by atoms with van der Waals surface area (Å²) < 4.78 is 22.4. The van der Waals surface area contributed by atoms with Crippen molar-refractivity contribution >= 4 is 25.1 Å². The number of nitrogens with one attached hydrogen (secondary N) is 1. The zero-order valence-electron chi connectivity index (χ0n) is 9.66. The maximum absolute atomic E-state index is 12.3. The molecule has 1 amide bonds. The van der Waals surface area contributed by atoms with Gasteiger partial charge in [0.2, 0.25) is 5.91 Å². The van der Waals surface area contributed by atoms with E-state index in [1.807, 2.05) is 0 Å². The molecule has 0 rings (SSSR count). The number of halogens is 1. The highest BCUT2D eigenvalue weighted by Gasteiger charge is 2.37. The number of rotatable bonds is 7. The van der Waals surface area contributed by atoms with Crippen LogP contribution in [0.3, 0.4) is 0 Å². The molecule has 7 heteroatoms. The molecule has 5 nitrogen and oxygen atoms in total. The fourth-order valence-electron chi connectivity index (χ4n) is 1.07. The SMILES string of the molecule is C=C(Cl)C(NC(C)=O)P(=O)(OCC)OCC. The van der Waals surface area contributed by atoms with Crippen molar-refractivity contribution in [1.29, 1.82) is 0 Å². The molecule has 0 aliphatic heterocycles. The molecule has 1 atom stereocenters. The highest BCUT2D eigenvalue weighted by Crippen LogP contribution is 2.54. The average molecular weight is 270 g/mol. The van der Waals surface area contributed by atoms with Crippen LogP contribution in [0.4, 0.5) is 0 Å². The fraction of sp³-hybridized carbons (Fsp3) is 0.667. The Morgan fingerprint density at radius 3 is 2.12 bits per heavy atom. The Hall–Kier alpha value is -0.350. The lowest BCUT2D eigenvalue weighted by Crippen LogP contribution is -2.34. The Kier molecular flexibility index (Phi) is 6.91. The third-order valence-electron chi connectivity index (χ3n) is 1.57. The van der Waals surface area contributed by atoms with Crippen molar-refractivity contribution < 1.29 is 18.4 Å². The summed E-state index contributed by atoms with van der Waals surface area (Å²) in [5.41, 5.74) is 0. The minimum atomic E-state index is -3.50. The maximum Gasteiger partial charge on any atom is 0.358 e. The third-order valence-corrected chi connectivity index (χ3v) is 4.25. The summed E-state index contributed by atoms with van der Waals surface area (Å²) in [7, 11) is -3.50. The normalized spacial score (nSPS) is 13.2. The van der Waals surface area contributed by atoms with Gasteiger partial charge < -0.3 is 14.4 Å². The van der Waals surface area contributed by atoms with E-state index < -0.39 is 13.4 Å². The van der Waals surface area contributed by atoms with Gasteiger partial charge in [-0.25, -0.2) is 0 Å². The lowest BCUT2D eigenvalue weighted by molar-refractivity contribution is -0.119. The second-order valence-corrected chi connectivity index (χ2v) is 5.52. The molecule has 0 saturated heterocycles. The molecule has 0 saturated carbocycles. The summed E-state index contributed by atoms with van der Waals surface area (Å²) in [5.74, 6) is -1.40. The smallest absolute Gasteiger partial charge is 0.338 e. The quantitative estimate of drug-likeness (QED) is 0.721. The Morgan fingerprint density at radius 2 is 1.88 bits per heavy atom. The van der Waals surface area contributed by atoms with Gasteiger partial charge in [0, 0.05) is 12.0 Å². The third kappa shape index (κ3) is 4.66. The first-order chi connectivity index (χ1) is 7.37. The number of amides is 1. The first-order valence-electron chi connectivity index (χ1n) is 4.87. The second-order valence-electron chi connectivity index (χ2n) is 2.93. The Bertz CT molecular complexity index is 298. The monoisotopic (exact) mass is 269 g/mol. The molecule has 1 unspecified atom stereocenters. The highest BCUT2D eigenvalue weighted by molar-refractivity contribution is 7.55. The van der Waals surface area contributed by atoms with Gasteiger partial charge in [0.05, 0.1) is 13.2 Å². The van der Waals surface area contributed by atoms with Gasteiger partial charge >= 0.3 is 7.60 Å². The molecule has 94 valence electrons. The van der Waals surface area contributed by atoms with Crippen molar-refractivity contribution in [1.82, 2.24) is 5.32 Å². The van der Waals surface area contributed by atoms with Crippen molar-refractivity contribution in [2.24, 2.45) is 0 Å². The molecule has 0 fully saturated rings. The maximum atomic E-state index is 12.3. The van der Waals surface area contributed by atoms with Gasteiger partial charge in [-0.3, -0.25) is 9.36 Å². The number of carbonyl (C=O) groups is 1. The predicted molar refractivity (Wildman–Crippen MR) is 63.5 cm³/mol. The van der Waals surface area contributed by atoms with E-state index in [1.165, 1.54) is 6.92 Å².